The van der Waals surface area contributed by atoms with Crippen molar-refractivity contribution in [3.05, 3.63) is 57.3 Å². The molecule has 0 aliphatic carbocycles. The number of aromatic nitrogens is 3. The van der Waals surface area contributed by atoms with Crippen LogP contribution >= 0.6 is 11.3 Å². The summed E-state index contributed by atoms with van der Waals surface area (Å²) < 4.78 is 10.5. The van der Waals surface area contributed by atoms with Crippen LogP contribution in [0.2, 0.25) is 0 Å². The zero-order valence-corrected chi connectivity index (χ0v) is 18.5. The highest BCUT2D eigenvalue weighted by Crippen LogP contribution is 2.37. The second-order valence-corrected chi connectivity index (χ2v) is 8.90. The Balaban J connectivity index is 1.40. The summed E-state index contributed by atoms with van der Waals surface area (Å²) in [6.45, 7) is 5.19. The molecule has 1 aliphatic rings. The van der Waals surface area contributed by atoms with Crippen LogP contribution in [0.3, 0.4) is 0 Å². The van der Waals surface area contributed by atoms with Crippen molar-refractivity contribution in [1.82, 2.24) is 20.2 Å². The molecule has 2 aromatic heterocycles. The number of amides is 1. The van der Waals surface area contributed by atoms with E-state index in [4.69, 9.17) is 4.74 Å². The van der Waals surface area contributed by atoms with E-state index in [1.54, 1.807) is 11.8 Å². The Morgan fingerprint density at radius 3 is 2.74 bits per heavy atom. The summed E-state index contributed by atoms with van der Waals surface area (Å²) in [5.74, 6) is 0.631. The average Bonchev–Trinajstić information content (AvgIpc) is 3.30. The van der Waals surface area contributed by atoms with Gasteiger partial charge in [0.25, 0.3) is 5.91 Å². The number of benzene rings is 1. The number of hydrogen-bond acceptors (Lipinski definition) is 8. The van der Waals surface area contributed by atoms with Gasteiger partial charge >= 0.3 is 0 Å². The Morgan fingerprint density at radius 1 is 1.19 bits per heavy atom. The standard InChI is InChI=1S/C22H26N4O4S/c1-15-18(9-14-29-17-7-4-3-5-8-17)31-21(23-15)22(28)10-6-12-26(13-11-22)20(27)19-16(2)24-30-25-19/h3-5,7-8,28H,6,9-14H2,1-2H3/t22-/m0/s1. The predicted octanol–water partition coefficient (Wildman–Crippen LogP) is 3.28. The Bertz CT molecular complexity index is 1040. The highest BCUT2D eigenvalue weighted by molar-refractivity contribution is 7.11. The third kappa shape index (κ3) is 4.77. The highest BCUT2D eigenvalue weighted by atomic mass is 32.1. The molecule has 1 aliphatic heterocycles. The average molecular weight is 443 g/mol. The minimum absolute atomic E-state index is 0.211. The van der Waals surface area contributed by atoms with E-state index in [2.05, 4.69) is 19.9 Å². The number of para-hydroxylation sites is 1. The van der Waals surface area contributed by atoms with Crippen molar-refractivity contribution in [3.63, 3.8) is 0 Å². The largest absolute Gasteiger partial charge is 0.493 e. The number of carbonyl (C=O) groups is 1. The first-order chi connectivity index (χ1) is 15.0. The molecule has 0 spiro atoms. The molecule has 3 aromatic rings. The second kappa shape index (κ2) is 9.15. The maximum Gasteiger partial charge on any atom is 0.278 e. The number of nitrogens with zero attached hydrogens (tertiary/aromatic N) is 4. The van der Waals surface area contributed by atoms with Crippen molar-refractivity contribution in [3.8, 4) is 5.75 Å². The van der Waals surface area contributed by atoms with Crippen molar-refractivity contribution >= 4 is 17.2 Å². The number of ether oxygens (including phenoxy) is 1. The van der Waals surface area contributed by atoms with E-state index in [-0.39, 0.29) is 11.6 Å². The molecule has 3 heterocycles. The fourth-order valence-corrected chi connectivity index (χ4v) is 4.94. The van der Waals surface area contributed by atoms with Crippen LogP contribution in [-0.2, 0) is 12.0 Å². The maximum absolute atomic E-state index is 12.7. The molecule has 1 saturated heterocycles. The minimum Gasteiger partial charge on any atom is -0.493 e. The lowest BCUT2D eigenvalue weighted by Gasteiger charge is -2.24. The number of hydrogen-bond donors (Lipinski definition) is 1. The first kappa shape index (κ1) is 21.5. The van der Waals surface area contributed by atoms with E-state index in [0.29, 0.717) is 49.7 Å². The van der Waals surface area contributed by atoms with E-state index in [9.17, 15) is 9.90 Å². The Morgan fingerprint density at radius 2 is 2.00 bits per heavy atom. The molecular formula is C22H26N4O4S. The molecule has 164 valence electrons. The summed E-state index contributed by atoms with van der Waals surface area (Å²) in [5, 5.41) is 19.5. The number of likely N-dealkylation sites (tertiary alicyclic amines) is 1. The molecule has 0 bridgehead atoms. The van der Waals surface area contributed by atoms with E-state index in [1.165, 1.54) is 11.3 Å². The Kier molecular flexibility index (Phi) is 6.33. The quantitative estimate of drug-likeness (QED) is 0.625. The molecule has 1 N–H and O–H groups in total. The van der Waals surface area contributed by atoms with Gasteiger partial charge in [-0.3, -0.25) is 4.79 Å². The summed E-state index contributed by atoms with van der Waals surface area (Å²) >= 11 is 1.54. The van der Waals surface area contributed by atoms with Crippen LogP contribution in [0.1, 0.15) is 51.0 Å². The smallest absolute Gasteiger partial charge is 0.278 e. The van der Waals surface area contributed by atoms with Crippen molar-refractivity contribution < 1.29 is 19.3 Å². The topological polar surface area (TPSA) is 102 Å². The van der Waals surface area contributed by atoms with Crippen LogP contribution in [0.25, 0.3) is 0 Å². The van der Waals surface area contributed by atoms with Crippen LogP contribution in [-0.4, -0.2) is 50.9 Å². The minimum atomic E-state index is -1.04. The lowest BCUT2D eigenvalue weighted by molar-refractivity contribution is 0.0209. The fourth-order valence-electron chi connectivity index (χ4n) is 3.75. The number of aryl methyl sites for hydroxylation is 2. The molecule has 31 heavy (non-hydrogen) atoms. The summed E-state index contributed by atoms with van der Waals surface area (Å²) in [6, 6.07) is 9.72. The van der Waals surface area contributed by atoms with Crippen LogP contribution < -0.4 is 4.74 Å². The zero-order valence-electron chi connectivity index (χ0n) is 17.7. The van der Waals surface area contributed by atoms with Gasteiger partial charge in [-0.15, -0.1) is 11.3 Å². The first-order valence-electron chi connectivity index (χ1n) is 10.4. The van der Waals surface area contributed by atoms with Crippen molar-refractivity contribution in [2.45, 2.75) is 45.1 Å². The van der Waals surface area contributed by atoms with Gasteiger partial charge < -0.3 is 14.7 Å². The number of rotatable bonds is 6. The summed E-state index contributed by atoms with van der Waals surface area (Å²) in [4.78, 5) is 20.2. The fraction of sp³-hybridized carbons (Fsp3) is 0.455. The lowest BCUT2D eigenvalue weighted by Crippen LogP contribution is -2.34. The van der Waals surface area contributed by atoms with Gasteiger partial charge in [0.05, 0.1) is 12.3 Å². The van der Waals surface area contributed by atoms with Gasteiger partial charge in [-0.05, 0) is 44.0 Å². The second-order valence-electron chi connectivity index (χ2n) is 7.81. The SMILES string of the molecule is Cc1nonc1C(=O)N1CCC[C@@](O)(c2nc(C)c(CCOc3ccccc3)s2)CC1. The van der Waals surface area contributed by atoms with Crippen LogP contribution in [0.5, 0.6) is 5.75 Å². The van der Waals surface area contributed by atoms with Crippen LogP contribution in [0.15, 0.2) is 35.0 Å². The van der Waals surface area contributed by atoms with Crippen LogP contribution in [0, 0.1) is 13.8 Å². The molecule has 0 unspecified atom stereocenters. The van der Waals surface area contributed by atoms with E-state index < -0.39 is 5.60 Å². The van der Waals surface area contributed by atoms with Crippen LogP contribution in [0.4, 0.5) is 0 Å². The Hall–Kier alpha value is -2.78. The number of thiazole rings is 1. The molecule has 9 heteroatoms. The zero-order chi connectivity index (χ0) is 21.8. The van der Waals surface area contributed by atoms with Gasteiger partial charge in [-0.1, -0.05) is 23.4 Å². The summed E-state index contributed by atoms with van der Waals surface area (Å²) in [6.07, 6.45) is 2.39. The maximum atomic E-state index is 12.7. The molecule has 1 fully saturated rings. The van der Waals surface area contributed by atoms with E-state index >= 15 is 0 Å². The molecule has 4 rings (SSSR count). The molecule has 8 nitrogen and oxygen atoms in total. The molecular weight excluding hydrogens is 416 g/mol. The summed E-state index contributed by atoms with van der Waals surface area (Å²) in [5.41, 5.74) is 0.588. The van der Waals surface area contributed by atoms with Crippen molar-refractivity contribution in [1.29, 1.82) is 0 Å². The van der Waals surface area contributed by atoms with Gasteiger partial charge in [0.2, 0.25) is 0 Å². The molecule has 1 aromatic carbocycles. The van der Waals surface area contributed by atoms with Gasteiger partial charge in [0, 0.05) is 30.8 Å². The third-order valence-electron chi connectivity index (χ3n) is 5.59. The summed E-state index contributed by atoms with van der Waals surface area (Å²) in [7, 11) is 0. The van der Waals surface area contributed by atoms with Gasteiger partial charge in [0.15, 0.2) is 5.69 Å². The highest BCUT2D eigenvalue weighted by Gasteiger charge is 2.37. The molecule has 1 amide bonds. The monoisotopic (exact) mass is 442 g/mol. The molecule has 0 radical (unpaired) electrons. The first-order valence-corrected chi connectivity index (χ1v) is 11.2. The Labute approximate surface area is 184 Å². The van der Waals surface area contributed by atoms with E-state index in [0.717, 1.165) is 22.7 Å². The third-order valence-corrected chi connectivity index (χ3v) is 7.00. The normalized spacial score (nSPS) is 19.3. The number of aliphatic hydroxyl groups is 1. The molecule has 0 saturated carbocycles. The van der Waals surface area contributed by atoms with Crippen molar-refractivity contribution in [2.75, 3.05) is 19.7 Å². The predicted molar refractivity (Wildman–Crippen MR) is 115 cm³/mol. The van der Waals surface area contributed by atoms with Gasteiger partial charge in [-0.25, -0.2) is 9.61 Å². The molecule has 1 atom stereocenters. The van der Waals surface area contributed by atoms with Gasteiger partial charge in [-0.2, -0.15) is 0 Å². The van der Waals surface area contributed by atoms with Gasteiger partial charge in [0.1, 0.15) is 22.1 Å². The number of carbonyl (C=O) groups excluding carboxylic acids is 1. The van der Waals surface area contributed by atoms with Crippen molar-refractivity contribution in [2.24, 2.45) is 0 Å². The lowest BCUT2D eigenvalue weighted by atomic mass is 9.96. The van der Waals surface area contributed by atoms with E-state index in [1.807, 2.05) is 37.3 Å².